The van der Waals surface area contributed by atoms with Crippen LogP contribution in [0.1, 0.15) is 20.7 Å². The van der Waals surface area contributed by atoms with Crippen LogP contribution in [0.3, 0.4) is 0 Å². The minimum atomic E-state index is -1.65. The highest BCUT2D eigenvalue weighted by Gasteiger charge is 2.27. The van der Waals surface area contributed by atoms with E-state index in [0.29, 0.717) is 0 Å². The molecule has 0 aromatic heterocycles. The highest BCUT2D eigenvalue weighted by Crippen LogP contribution is 2.36. The van der Waals surface area contributed by atoms with Crippen LogP contribution in [0.25, 0.3) is 11.1 Å². The zero-order chi connectivity index (χ0) is 16.4. The van der Waals surface area contributed by atoms with Crippen molar-refractivity contribution in [2.24, 2.45) is 0 Å². The minimum absolute atomic E-state index is 0.364. The van der Waals surface area contributed by atoms with E-state index in [9.17, 15) is 24.1 Å². The number of carboxylic acids is 2. The molecule has 0 atom stereocenters. The zero-order valence-corrected chi connectivity index (χ0v) is 10.8. The van der Waals surface area contributed by atoms with E-state index in [-0.39, 0.29) is 5.56 Å². The molecule has 2 N–H and O–H groups in total. The van der Waals surface area contributed by atoms with Crippen molar-refractivity contribution in [1.29, 1.82) is 0 Å². The molecule has 112 valence electrons. The number of halogens is 1. The van der Waals surface area contributed by atoms with Crippen LogP contribution in [-0.4, -0.2) is 27.1 Å². The molecule has 0 aliphatic carbocycles. The van der Waals surface area contributed by atoms with Crippen LogP contribution >= 0.6 is 0 Å². The Bertz CT molecular complexity index is 770. The molecule has 0 fully saturated rings. The van der Waals surface area contributed by atoms with Crippen LogP contribution in [-0.2, 0) is 0 Å². The smallest absolute Gasteiger partial charge is 0.339 e. The van der Waals surface area contributed by atoms with E-state index in [4.69, 9.17) is 10.2 Å². The Hall–Kier alpha value is -3.29. The van der Waals surface area contributed by atoms with E-state index in [1.807, 2.05) is 0 Å². The quantitative estimate of drug-likeness (QED) is 0.662. The topological polar surface area (TPSA) is 118 Å². The third-order valence-corrected chi connectivity index (χ3v) is 2.97. The molecule has 0 amide bonds. The van der Waals surface area contributed by atoms with E-state index in [0.717, 1.165) is 36.4 Å². The van der Waals surface area contributed by atoms with Gasteiger partial charge in [-0.2, -0.15) is 0 Å². The highest BCUT2D eigenvalue weighted by atomic mass is 19.1. The average Bonchev–Trinajstić information content (AvgIpc) is 2.45. The molecule has 2 aromatic carbocycles. The lowest BCUT2D eigenvalue weighted by atomic mass is 9.93. The molecule has 0 saturated carbocycles. The van der Waals surface area contributed by atoms with Gasteiger partial charge in [0.15, 0.2) is 0 Å². The van der Waals surface area contributed by atoms with Crippen molar-refractivity contribution >= 4 is 17.6 Å². The molecule has 0 unspecified atom stereocenters. The van der Waals surface area contributed by atoms with Crippen molar-refractivity contribution in [3.05, 3.63) is 63.5 Å². The predicted octanol–water partition coefficient (Wildman–Crippen LogP) is 2.80. The van der Waals surface area contributed by atoms with Crippen LogP contribution in [0.2, 0.25) is 0 Å². The minimum Gasteiger partial charge on any atom is -0.478 e. The van der Waals surface area contributed by atoms with E-state index in [1.165, 1.54) is 0 Å². The van der Waals surface area contributed by atoms with Crippen molar-refractivity contribution in [2.45, 2.75) is 0 Å². The lowest BCUT2D eigenvalue weighted by molar-refractivity contribution is -0.384. The summed E-state index contributed by atoms with van der Waals surface area (Å²) in [5, 5.41) is 29.4. The summed E-state index contributed by atoms with van der Waals surface area (Å²) in [5.41, 5.74) is -2.73. The third kappa shape index (κ3) is 2.49. The van der Waals surface area contributed by atoms with E-state index < -0.39 is 45.1 Å². The van der Waals surface area contributed by atoms with E-state index >= 15 is 0 Å². The maximum Gasteiger partial charge on any atom is 0.339 e. The van der Waals surface area contributed by atoms with Crippen LogP contribution in [0, 0.1) is 15.9 Å². The first kappa shape index (κ1) is 15.1. The molecule has 2 aromatic rings. The first-order valence-corrected chi connectivity index (χ1v) is 5.87. The number of hydrogen-bond donors (Lipinski definition) is 2. The lowest BCUT2D eigenvalue weighted by Gasteiger charge is -2.10. The predicted molar refractivity (Wildman–Crippen MR) is 72.4 cm³/mol. The van der Waals surface area contributed by atoms with Crippen LogP contribution < -0.4 is 0 Å². The monoisotopic (exact) mass is 305 g/mol. The van der Waals surface area contributed by atoms with Crippen molar-refractivity contribution in [3.8, 4) is 11.1 Å². The summed E-state index contributed by atoms with van der Waals surface area (Å²) < 4.78 is 13.8. The van der Waals surface area contributed by atoms with Gasteiger partial charge in [0.2, 0.25) is 0 Å². The van der Waals surface area contributed by atoms with Gasteiger partial charge in [-0.3, -0.25) is 10.1 Å². The molecule has 0 saturated heterocycles. The molecule has 22 heavy (non-hydrogen) atoms. The molecule has 0 aliphatic rings. The molecule has 0 aliphatic heterocycles. The van der Waals surface area contributed by atoms with Gasteiger partial charge in [-0.05, 0) is 12.1 Å². The van der Waals surface area contributed by atoms with Gasteiger partial charge < -0.3 is 10.2 Å². The Labute approximate surface area is 122 Å². The van der Waals surface area contributed by atoms with Gasteiger partial charge in [-0.1, -0.05) is 18.2 Å². The SMILES string of the molecule is O=C(O)c1cccc([N+](=O)[O-])c1-c1cccc(F)c1C(=O)O. The number of nitro groups is 1. The van der Waals surface area contributed by atoms with Gasteiger partial charge in [-0.25, -0.2) is 14.0 Å². The first-order chi connectivity index (χ1) is 10.3. The summed E-state index contributed by atoms with van der Waals surface area (Å²) in [7, 11) is 0. The fourth-order valence-corrected chi connectivity index (χ4v) is 2.10. The number of carbonyl (C=O) groups is 2. The second-order valence-electron chi connectivity index (χ2n) is 4.23. The summed E-state index contributed by atoms with van der Waals surface area (Å²) in [4.78, 5) is 32.8. The van der Waals surface area contributed by atoms with Gasteiger partial charge in [0.05, 0.1) is 16.1 Å². The zero-order valence-electron chi connectivity index (χ0n) is 10.8. The third-order valence-electron chi connectivity index (χ3n) is 2.97. The molecule has 0 spiro atoms. The molecule has 0 bridgehead atoms. The number of nitro benzene ring substituents is 1. The summed E-state index contributed by atoms with van der Waals surface area (Å²) in [5.74, 6) is -4.25. The first-order valence-electron chi connectivity index (χ1n) is 5.87. The van der Waals surface area contributed by atoms with Crippen LogP contribution in [0.15, 0.2) is 36.4 Å². The second-order valence-corrected chi connectivity index (χ2v) is 4.23. The number of carboxylic acid groups (broad SMARTS) is 2. The Morgan fingerprint density at radius 2 is 1.68 bits per heavy atom. The molecular formula is C14H8FNO6. The molecule has 2 rings (SSSR count). The van der Waals surface area contributed by atoms with E-state index in [1.54, 1.807) is 0 Å². The van der Waals surface area contributed by atoms with Gasteiger partial charge in [-0.15, -0.1) is 0 Å². The second kappa shape index (κ2) is 5.60. The van der Waals surface area contributed by atoms with E-state index in [2.05, 4.69) is 0 Å². The number of nitrogens with zero attached hydrogens (tertiary/aromatic N) is 1. The number of benzene rings is 2. The molecular weight excluding hydrogens is 297 g/mol. The average molecular weight is 305 g/mol. The standard InChI is InChI=1S/C14H8FNO6/c15-9-5-1-3-7(12(9)14(19)20)11-8(13(17)18)4-2-6-10(11)16(21)22/h1-6H,(H,17,18)(H,19,20). The van der Waals surface area contributed by atoms with Gasteiger partial charge >= 0.3 is 11.9 Å². The van der Waals surface area contributed by atoms with Crippen LogP contribution in [0.4, 0.5) is 10.1 Å². The number of rotatable bonds is 4. The fourth-order valence-electron chi connectivity index (χ4n) is 2.10. The Morgan fingerprint density at radius 3 is 2.23 bits per heavy atom. The van der Waals surface area contributed by atoms with Crippen molar-refractivity contribution < 1.29 is 29.1 Å². The normalized spacial score (nSPS) is 10.2. The Kier molecular flexibility index (Phi) is 3.85. The van der Waals surface area contributed by atoms with Crippen LogP contribution in [0.5, 0.6) is 0 Å². The summed E-state index contributed by atoms with van der Waals surface area (Å²) >= 11 is 0. The molecule has 0 heterocycles. The summed E-state index contributed by atoms with van der Waals surface area (Å²) in [6.45, 7) is 0. The number of aromatic carboxylic acids is 2. The van der Waals surface area contributed by atoms with Crippen molar-refractivity contribution in [1.82, 2.24) is 0 Å². The maximum atomic E-state index is 13.8. The van der Waals surface area contributed by atoms with Crippen molar-refractivity contribution in [2.75, 3.05) is 0 Å². The summed E-state index contributed by atoms with van der Waals surface area (Å²) in [6.07, 6.45) is 0. The Morgan fingerprint density at radius 1 is 1.05 bits per heavy atom. The molecule has 0 radical (unpaired) electrons. The highest BCUT2D eigenvalue weighted by molar-refractivity contribution is 6.04. The number of hydrogen-bond acceptors (Lipinski definition) is 4. The maximum absolute atomic E-state index is 13.8. The Balaban J connectivity index is 2.94. The molecule has 8 heteroatoms. The van der Waals surface area contributed by atoms with Gasteiger partial charge in [0, 0.05) is 11.6 Å². The van der Waals surface area contributed by atoms with Gasteiger partial charge in [0.1, 0.15) is 11.4 Å². The molecule has 7 nitrogen and oxygen atoms in total. The summed E-state index contributed by atoms with van der Waals surface area (Å²) in [6, 6.07) is 6.42. The largest absolute Gasteiger partial charge is 0.478 e. The lowest BCUT2D eigenvalue weighted by Crippen LogP contribution is -2.08. The fraction of sp³-hybridized carbons (Fsp3) is 0. The van der Waals surface area contributed by atoms with Gasteiger partial charge in [0.25, 0.3) is 5.69 Å². The van der Waals surface area contributed by atoms with Crippen molar-refractivity contribution in [3.63, 3.8) is 0 Å².